The maximum absolute atomic E-state index is 6.03. The first kappa shape index (κ1) is 14.3. The number of hydrogen-bond donors (Lipinski definition) is 2. The molecule has 0 atom stereocenters. The number of halogens is 1. The Balaban J connectivity index is 1.77. The molecule has 0 amide bonds. The van der Waals surface area contributed by atoms with E-state index in [0.717, 1.165) is 29.7 Å². The van der Waals surface area contributed by atoms with E-state index in [-0.39, 0.29) is 5.95 Å². The van der Waals surface area contributed by atoms with Crippen LogP contribution in [0.5, 0.6) is 0 Å². The van der Waals surface area contributed by atoms with Crippen molar-refractivity contribution in [3.8, 4) is 0 Å². The summed E-state index contributed by atoms with van der Waals surface area (Å²) >= 11 is 6.03. The molecule has 7 heteroatoms. The Morgan fingerprint density at radius 2 is 2.04 bits per heavy atom. The zero-order valence-corrected chi connectivity index (χ0v) is 13.3. The molecule has 3 aromatic rings. The molecule has 23 heavy (non-hydrogen) atoms. The largest absolute Gasteiger partial charge is 0.368 e. The Morgan fingerprint density at radius 1 is 1.22 bits per heavy atom. The second-order valence-electron chi connectivity index (χ2n) is 5.83. The Kier molecular flexibility index (Phi) is 3.53. The summed E-state index contributed by atoms with van der Waals surface area (Å²) in [5, 5.41) is 3.90. The normalized spacial score (nSPS) is 15.3. The molecule has 1 aromatic carbocycles. The van der Waals surface area contributed by atoms with Gasteiger partial charge in [0, 0.05) is 16.8 Å². The van der Waals surface area contributed by atoms with E-state index in [9.17, 15) is 0 Å². The van der Waals surface area contributed by atoms with Crippen molar-refractivity contribution in [2.75, 3.05) is 11.1 Å². The van der Waals surface area contributed by atoms with Gasteiger partial charge >= 0.3 is 0 Å². The summed E-state index contributed by atoms with van der Waals surface area (Å²) in [5.41, 5.74) is 8.26. The molecular formula is C16H17ClN6. The van der Waals surface area contributed by atoms with Crippen molar-refractivity contribution in [3.05, 3.63) is 35.6 Å². The van der Waals surface area contributed by atoms with E-state index < -0.39 is 0 Å². The molecule has 1 saturated carbocycles. The Bertz CT molecular complexity index is 853. The summed E-state index contributed by atoms with van der Waals surface area (Å²) in [7, 11) is 0. The molecule has 6 nitrogen and oxygen atoms in total. The number of benzene rings is 1. The minimum atomic E-state index is 0.238. The lowest BCUT2D eigenvalue weighted by atomic mass is 10.2. The SMILES string of the molecule is Nc1nc(Nc2cccc(Cl)c2)c2ncn(C3CCCC3)c2n1. The molecule has 0 saturated heterocycles. The summed E-state index contributed by atoms with van der Waals surface area (Å²) in [5.74, 6) is 0.841. The number of nitrogens with two attached hydrogens (primary N) is 1. The monoisotopic (exact) mass is 328 g/mol. The van der Waals surface area contributed by atoms with E-state index in [1.165, 1.54) is 12.8 Å². The average molecular weight is 329 g/mol. The van der Waals surface area contributed by atoms with Crippen LogP contribution in [-0.4, -0.2) is 19.5 Å². The van der Waals surface area contributed by atoms with Gasteiger partial charge in [0.1, 0.15) is 0 Å². The van der Waals surface area contributed by atoms with Gasteiger partial charge in [-0.25, -0.2) is 4.98 Å². The minimum Gasteiger partial charge on any atom is -0.368 e. The van der Waals surface area contributed by atoms with Crippen molar-refractivity contribution < 1.29 is 0 Å². The van der Waals surface area contributed by atoms with Crippen molar-refractivity contribution >= 4 is 40.2 Å². The molecule has 1 aliphatic rings. The average Bonchev–Trinajstić information content (AvgIpc) is 3.15. The highest BCUT2D eigenvalue weighted by molar-refractivity contribution is 6.30. The van der Waals surface area contributed by atoms with Crippen LogP contribution in [0.15, 0.2) is 30.6 Å². The molecule has 2 aromatic heterocycles. The van der Waals surface area contributed by atoms with Crippen LogP contribution in [0.25, 0.3) is 11.2 Å². The van der Waals surface area contributed by atoms with Gasteiger partial charge in [-0.3, -0.25) is 0 Å². The van der Waals surface area contributed by atoms with Gasteiger partial charge in [0.15, 0.2) is 17.0 Å². The maximum atomic E-state index is 6.03. The standard InChI is InChI=1S/C16H17ClN6/c17-10-4-3-5-11(8-10)20-14-13-15(22-16(18)21-14)23(9-19-13)12-6-1-2-7-12/h3-5,8-9,12H,1-2,6-7H2,(H3,18,20,21,22). The Morgan fingerprint density at radius 3 is 2.83 bits per heavy atom. The van der Waals surface area contributed by atoms with Crippen LogP contribution in [0.2, 0.25) is 5.02 Å². The van der Waals surface area contributed by atoms with Gasteiger partial charge in [0.2, 0.25) is 5.95 Å². The Labute approximate surface area is 138 Å². The van der Waals surface area contributed by atoms with Crippen molar-refractivity contribution in [2.24, 2.45) is 0 Å². The number of fused-ring (bicyclic) bond motifs is 1. The third kappa shape index (κ3) is 2.70. The lowest BCUT2D eigenvalue weighted by molar-refractivity contribution is 0.529. The van der Waals surface area contributed by atoms with Crippen LogP contribution in [0.3, 0.4) is 0 Å². The number of nitrogens with one attached hydrogen (secondary N) is 1. The molecule has 0 aliphatic heterocycles. The topological polar surface area (TPSA) is 81.6 Å². The van der Waals surface area contributed by atoms with Crippen LogP contribution >= 0.6 is 11.6 Å². The molecule has 118 valence electrons. The van der Waals surface area contributed by atoms with E-state index in [1.54, 1.807) is 0 Å². The van der Waals surface area contributed by atoms with Crippen LogP contribution in [0.1, 0.15) is 31.7 Å². The van der Waals surface area contributed by atoms with Crippen molar-refractivity contribution in [1.29, 1.82) is 0 Å². The quantitative estimate of drug-likeness (QED) is 0.761. The van der Waals surface area contributed by atoms with Crippen molar-refractivity contribution in [3.63, 3.8) is 0 Å². The number of hydrogen-bond acceptors (Lipinski definition) is 5. The fourth-order valence-electron chi connectivity index (χ4n) is 3.17. The predicted molar refractivity (Wildman–Crippen MR) is 92.0 cm³/mol. The van der Waals surface area contributed by atoms with Gasteiger partial charge in [-0.15, -0.1) is 0 Å². The zero-order valence-electron chi connectivity index (χ0n) is 12.5. The summed E-state index contributed by atoms with van der Waals surface area (Å²) < 4.78 is 2.13. The van der Waals surface area contributed by atoms with Gasteiger partial charge in [-0.1, -0.05) is 30.5 Å². The molecule has 0 bridgehead atoms. The van der Waals surface area contributed by atoms with E-state index in [4.69, 9.17) is 17.3 Å². The number of nitrogen functional groups attached to an aromatic ring is 1. The number of anilines is 3. The third-order valence-corrected chi connectivity index (χ3v) is 4.48. The highest BCUT2D eigenvalue weighted by Crippen LogP contribution is 2.33. The van der Waals surface area contributed by atoms with Crippen LogP contribution in [0.4, 0.5) is 17.5 Å². The lowest BCUT2D eigenvalue weighted by Crippen LogP contribution is -2.07. The van der Waals surface area contributed by atoms with Crippen LogP contribution < -0.4 is 11.1 Å². The second-order valence-corrected chi connectivity index (χ2v) is 6.26. The highest BCUT2D eigenvalue weighted by atomic mass is 35.5. The molecular weight excluding hydrogens is 312 g/mol. The molecule has 0 spiro atoms. The first-order valence-electron chi connectivity index (χ1n) is 7.73. The van der Waals surface area contributed by atoms with Crippen LogP contribution in [0, 0.1) is 0 Å². The van der Waals surface area contributed by atoms with Gasteiger partial charge < -0.3 is 15.6 Å². The molecule has 1 fully saturated rings. The zero-order chi connectivity index (χ0) is 15.8. The fourth-order valence-corrected chi connectivity index (χ4v) is 3.36. The second kappa shape index (κ2) is 5.70. The van der Waals surface area contributed by atoms with Crippen molar-refractivity contribution in [1.82, 2.24) is 19.5 Å². The van der Waals surface area contributed by atoms with E-state index in [1.807, 2.05) is 30.6 Å². The maximum Gasteiger partial charge on any atom is 0.224 e. The summed E-state index contributed by atoms with van der Waals surface area (Å²) in [6.07, 6.45) is 6.66. The minimum absolute atomic E-state index is 0.238. The number of nitrogens with zero attached hydrogens (tertiary/aromatic N) is 4. The molecule has 4 rings (SSSR count). The molecule has 2 heterocycles. The van der Waals surface area contributed by atoms with Gasteiger partial charge in [-0.2, -0.15) is 9.97 Å². The Hall–Kier alpha value is -2.34. The molecule has 0 unspecified atom stereocenters. The summed E-state index contributed by atoms with van der Waals surface area (Å²) in [6, 6.07) is 7.91. The first-order chi connectivity index (χ1) is 11.2. The van der Waals surface area contributed by atoms with E-state index in [0.29, 0.717) is 16.9 Å². The summed E-state index contributed by atoms with van der Waals surface area (Å²) in [4.78, 5) is 13.2. The smallest absolute Gasteiger partial charge is 0.224 e. The fraction of sp³-hybridized carbons (Fsp3) is 0.312. The molecule has 0 radical (unpaired) electrons. The number of aromatic nitrogens is 4. The van der Waals surface area contributed by atoms with Gasteiger partial charge in [-0.05, 0) is 31.0 Å². The van der Waals surface area contributed by atoms with Gasteiger partial charge in [0.05, 0.1) is 6.33 Å². The van der Waals surface area contributed by atoms with E-state index >= 15 is 0 Å². The predicted octanol–water partition coefficient (Wildman–Crippen LogP) is 3.92. The van der Waals surface area contributed by atoms with Crippen LogP contribution in [-0.2, 0) is 0 Å². The van der Waals surface area contributed by atoms with Gasteiger partial charge in [0.25, 0.3) is 0 Å². The number of imidazole rings is 1. The van der Waals surface area contributed by atoms with E-state index in [2.05, 4.69) is 24.8 Å². The van der Waals surface area contributed by atoms with Crippen molar-refractivity contribution in [2.45, 2.75) is 31.7 Å². The lowest BCUT2D eigenvalue weighted by Gasteiger charge is -2.12. The molecule has 1 aliphatic carbocycles. The number of rotatable bonds is 3. The molecule has 3 N–H and O–H groups in total. The summed E-state index contributed by atoms with van der Waals surface area (Å²) in [6.45, 7) is 0. The first-order valence-corrected chi connectivity index (χ1v) is 8.11. The third-order valence-electron chi connectivity index (χ3n) is 4.24. The highest BCUT2D eigenvalue weighted by Gasteiger charge is 2.21.